The monoisotopic (exact) mass is 357 g/mol. The van der Waals surface area contributed by atoms with E-state index in [1.54, 1.807) is 0 Å². The molecule has 2 aliphatic rings. The summed E-state index contributed by atoms with van der Waals surface area (Å²) < 4.78 is 25.2. The van der Waals surface area contributed by atoms with Crippen molar-refractivity contribution in [1.29, 1.82) is 0 Å². The molecule has 5 atom stereocenters. The summed E-state index contributed by atoms with van der Waals surface area (Å²) in [5, 5.41) is 0. The van der Waals surface area contributed by atoms with E-state index in [1.807, 2.05) is 6.92 Å². The van der Waals surface area contributed by atoms with E-state index < -0.39 is 11.3 Å². The lowest BCUT2D eigenvalue weighted by atomic mass is 9.83. The lowest BCUT2D eigenvalue weighted by Crippen LogP contribution is -2.42. The molecule has 2 rings (SSSR count). The van der Waals surface area contributed by atoms with Crippen molar-refractivity contribution in [1.82, 2.24) is 4.72 Å². The largest absolute Gasteiger partial charge is 0.469 e. The molecule has 2 fully saturated rings. The Balaban J connectivity index is 1.75. The van der Waals surface area contributed by atoms with Gasteiger partial charge in [0.15, 0.2) is 0 Å². The van der Waals surface area contributed by atoms with Crippen LogP contribution < -0.4 is 4.72 Å². The molecule has 2 saturated carbocycles. The van der Waals surface area contributed by atoms with Gasteiger partial charge < -0.3 is 4.74 Å². The molecule has 138 valence electrons. The number of allylic oxidation sites excluding steroid dienone is 2. The Bertz CT molecular complexity index is 454. The topological polar surface area (TPSA) is 64.6 Å². The summed E-state index contributed by atoms with van der Waals surface area (Å²) in [6, 6.07) is 0.307. The third-order valence-corrected chi connectivity index (χ3v) is 6.11. The van der Waals surface area contributed by atoms with Crippen LogP contribution in [0.15, 0.2) is 12.2 Å². The number of hydrogen-bond acceptors (Lipinski definition) is 4. The van der Waals surface area contributed by atoms with Crippen LogP contribution >= 0.6 is 0 Å². The van der Waals surface area contributed by atoms with Gasteiger partial charge in [-0.25, -0.2) is 8.93 Å². The Hall–Kier alpha value is -0.720. The van der Waals surface area contributed by atoms with Crippen LogP contribution in [-0.2, 0) is 25.0 Å². The average Bonchev–Trinajstić information content (AvgIpc) is 3.18. The third kappa shape index (κ3) is 5.67. The molecule has 2 unspecified atom stereocenters. The van der Waals surface area contributed by atoms with Crippen molar-refractivity contribution in [2.24, 2.45) is 17.8 Å². The molecule has 0 aromatic rings. The van der Waals surface area contributed by atoms with Gasteiger partial charge in [-0.2, -0.15) is 0 Å². The molecule has 2 aliphatic carbocycles. The molecular weight excluding hydrogens is 326 g/mol. The minimum absolute atomic E-state index is 0.143. The van der Waals surface area contributed by atoms with Crippen LogP contribution in [0.3, 0.4) is 0 Å². The number of ether oxygens (including phenoxy) is 1. The van der Waals surface area contributed by atoms with Crippen LogP contribution in [-0.4, -0.2) is 29.9 Å². The van der Waals surface area contributed by atoms with E-state index >= 15 is 0 Å². The van der Waals surface area contributed by atoms with Crippen molar-refractivity contribution < 1.29 is 17.9 Å². The number of esters is 1. The summed E-state index contributed by atoms with van der Waals surface area (Å²) in [4.78, 5) is 11.1. The van der Waals surface area contributed by atoms with Crippen molar-refractivity contribution in [2.45, 2.75) is 64.3 Å². The zero-order valence-electron chi connectivity index (χ0n) is 14.9. The number of nitrogens with one attached hydrogen (secondary N) is 1. The average molecular weight is 358 g/mol. The molecule has 0 amide bonds. The molecule has 0 spiro atoms. The Morgan fingerprint density at radius 2 is 2.08 bits per heavy atom. The summed E-state index contributed by atoms with van der Waals surface area (Å²) in [5.41, 5.74) is 0. The van der Waals surface area contributed by atoms with Gasteiger partial charge in [0.25, 0.3) is 0 Å². The summed E-state index contributed by atoms with van der Waals surface area (Å²) in [7, 11) is 1.43. The molecule has 2 bridgehead atoms. The summed E-state index contributed by atoms with van der Waals surface area (Å²) in [6.07, 6.45) is 12.3. The highest BCUT2D eigenvalue weighted by Crippen LogP contribution is 2.50. The van der Waals surface area contributed by atoms with Gasteiger partial charge in [0.1, 0.15) is 0 Å². The molecule has 0 aliphatic heterocycles. The van der Waals surface area contributed by atoms with E-state index in [-0.39, 0.29) is 5.97 Å². The normalized spacial score (nSPS) is 30.1. The maximum atomic E-state index is 12.0. The molecule has 0 radical (unpaired) electrons. The van der Waals surface area contributed by atoms with Crippen LogP contribution in [0.5, 0.6) is 0 Å². The van der Waals surface area contributed by atoms with Gasteiger partial charge in [0.2, 0.25) is 11.3 Å². The molecule has 24 heavy (non-hydrogen) atoms. The van der Waals surface area contributed by atoms with Crippen molar-refractivity contribution >= 4 is 17.2 Å². The van der Waals surface area contributed by atoms with E-state index in [0.717, 1.165) is 31.6 Å². The fourth-order valence-corrected chi connectivity index (χ4v) is 5.05. The number of fused-ring (bicyclic) bond motifs is 2. The first kappa shape index (κ1) is 19.6. The molecule has 0 aromatic heterocycles. The highest BCUT2D eigenvalue weighted by Gasteiger charge is 2.47. The van der Waals surface area contributed by atoms with Gasteiger partial charge in [0, 0.05) is 12.5 Å². The molecule has 0 aromatic carbocycles. The maximum absolute atomic E-state index is 12.0. The zero-order chi connectivity index (χ0) is 17.4. The van der Waals surface area contributed by atoms with E-state index in [4.69, 9.17) is 4.18 Å². The standard InChI is InChI=1S/C18H31NO4S/c1-3-12-23-24(21)19-18-15-11-10-14(13-15)16(18)8-6-4-5-7-9-17(20)22-2/h4,6,14-16,18-19H,3,5,7-13H2,1-2H3/b6-4-/t14-,15+,16-,18?,24?/m0/s1. The number of unbranched alkanes of at least 4 members (excludes halogenated alkanes) is 1. The highest BCUT2D eigenvalue weighted by molar-refractivity contribution is 7.78. The Kier molecular flexibility index (Phi) is 8.42. The molecular formula is C18H31NO4S. The maximum Gasteiger partial charge on any atom is 0.305 e. The zero-order valence-corrected chi connectivity index (χ0v) is 15.7. The van der Waals surface area contributed by atoms with Crippen molar-refractivity contribution in [3.05, 3.63) is 12.2 Å². The highest BCUT2D eigenvalue weighted by atomic mass is 32.2. The molecule has 6 heteroatoms. The summed E-state index contributed by atoms with van der Waals surface area (Å²) in [6.45, 7) is 2.55. The van der Waals surface area contributed by atoms with Crippen LogP contribution in [0.4, 0.5) is 0 Å². The number of hydrogen-bond donors (Lipinski definition) is 1. The minimum atomic E-state index is -1.37. The third-order valence-electron chi connectivity index (χ3n) is 5.27. The first-order valence-corrected chi connectivity index (χ1v) is 10.3. The van der Waals surface area contributed by atoms with Crippen LogP contribution in [0.25, 0.3) is 0 Å². The first-order chi connectivity index (χ1) is 11.7. The second kappa shape index (κ2) is 10.3. The summed E-state index contributed by atoms with van der Waals surface area (Å²) >= 11 is -1.37. The van der Waals surface area contributed by atoms with Crippen molar-refractivity contribution in [2.75, 3.05) is 13.7 Å². The fraction of sp³-hybridized carbons (Fsp3) is 0.833. The van der Waals surface area contributed by atoms with Crippen LogP contribution in [0, 0.1) is 17.8 Å². The molecule has 0 saturated heterocycles. The van der Waals surface area contributed by atoms with Crippen LogP contribution in [0.2, 0.25) is 0 Å². The van der Waals surface area contributed by atoms with E-state index in [1.165, 1.54) is 26.4 Å². The smallest absolute Gasteiger partial charge is 0.305 e. The Morgan fingerprint density at radius 3 is 2.83 bits per heavy atom. The summed E-state index contributed by atoms with van der Waals surface area (Å²) in [5.74, 6) is 1.79. The van der Waals surface area contributed by atoms with Gasteiger partial charge in [-0.3, -0.25) is 8.98 Å². The number of carbonyl (C=O) groups excluding carboxylic acids is 1. The lowest BCUT2D eigenvalue weighted by molar-refractivity contribution is -0.140. The second-order valence-corrected chi connectivity index (χ2v) is 7.81. The lowest BCUT2D eigenvalue weighted by Gasteiger charge is -2.30. The second-order valence-electron chi connectivity index (χ2n) is 6.87. The van der Waals surface area contributed by atoms with E-state index in [9.17, 15) is 9.00 Å². The van der Waals surface area contributed by atoms with E-state index in [0.29, 0.717) is 30.9 Å². The van der Waals surface area contributed by atoms with Crippen molar-refractivity contribution in [3.8, 4) is 0 Å². The number of carbonyl (C=O) groups is 1. The van der Waals surface area contributed by atoms with Gasteiger partial charge in [-0.1, -0.05) is 19.1 Å². The minimum Gasteiger partial charge on any atom is -0.469 e. The van der Waals surface area contributed by atoms with Gasteiger partial charge in [-0.05, 0) is 62.7 Å². The number of rotatable bonds is 11. The number of methoxy groups -OCH3 is 1. The molecule has 0 heterocycles. The SMILES string of the molecule is CCCOS(=O)NC1[C@@H]2CC[C@@H](C2)[C@@H]1C/C=C\CCCC(=O)OC. The van der Waals surface area contributed by atoms with Gasteiger partial charge in [0.05, 0.1) is 13.7 Å². The van der Waals surface area contributed by atoms with Crippen molar-refractivity contribution in [3.63, 3.8) is 0 Å². The predicted octanol–water partition coefficient (Wildman–Crippen LogP) is 3.29. The predicted molar refractivity (Wildman–Crippen MR) is 95.3 cm³/mol. The fourth-order valence-electron chi connectivity index (χ4n) is 4.07. The van der Waals surface area contributed by atoms with Gasteiger partial charge >= 0.3 is 5.97 Å². The first-order valence-electron chi connectivity index (χ1n) is 9.18. The van der Waals surface area contributed by atoms with Gasteiger partial charge in [-0.15, -0.1) is 0 Å². The van der Waals surface area contributed by atoms with E-state index in [2.05, 4.69) is 21.6 Å². The quantitative estimate of drug-likeness (QED) is 0.350. The Labute approximate surface area is 148 Å². The molecule has 5 nitrogen and oxygen atoms in total. The van der Waals surface area contributed by atoms with Crippen LogP contribution in [0.1, 0.15) is 58.3 Å². The molecule has 1 N–H and O–H groups in total. The Morgan fingerprint density at radius 1 is 1.29 bits per heavy atom.